The zero-order valence-corrected chi connectivity index (χ0v) is 8.37. The third kappa shape index (κ3) is 1.92. The van der Waals surface area contributed by atoms with Gasteiger partial charge in [0.15, 0.2) is 0 Å². The number of methoxy groups -OCH3 is 1. The highest BCUT2D eigenvalue weighted by atomic mass is 16.5. The van der Waals surface area contributed by atoms with Crippen LogP contribution in [0.15, 0.2) is 18.2 Å². The van der Waals surface area contributed by atoms with Crippen LogP contribution in [0.5, 0.6) is 5.75 Å². The molecule has 0 fully saturated rings. The first-order valence-electron chi connectivity index (χ1n) is 4.36. The molecule has 0 saturated heterocycles. The number of nitrogens with two attached hydrogens (primary N) is 1. The largest absolute Gasteiger partial charge is 0.495 e. The summed E-state index contributed by atoms with van der Waals surface area (Å²) in [7, 11) is 1.65. The van der Waals surface area contributed by atoms with Crippen LogP contribution in [0, 0.1) is 6.92 Å². The number of nitrogens with zero attached hydrogens (tertiary/aromatic N) is 1. The van der Waals surface area contributed by atoms with E-state index in [1.165, 1.54) is 0 Å². The van der Waals surface area contributed by atoms with Crippen molar-refractivity contribution in [2.24, 2.45) is 5.84 Å². The van der Waals surface area contributed by atoms with Crippen molar-refractivity contribution >= 4 is 5.69 Å². The lowest BCUT2D eigenvalue weighted by molar-refractivity contribution is 0.414. The molecule has 13 heavy (non-hydrogen) atoms. The second-order valence-electron chi connectivity index (χ2n) is 2.91. The monoisotopic (exact) mass is 180 g/mol. The standard InChI is InChI=1S/C10H16N2O/c1-4-12(11)10-8(2)6-5-7-9(10)13-3/h5-7H,4,11H2,1-3H3. The zero-order valence-electron chi connectivity index (χ0n) is 8.37. The Morgan fingerprint density at radius 2 is 2.15 bits per heavy atom. The van der Waals surface area contributed by atoms with E-state index in [1.807, 2.05) is 32.0 Å². The maximum Gasteiger partial charge on any atom is 0.143 e. The summed E-state index contributed by atoms with van der Waals surface area (Å²) >= 11 is 0. The highest BCUT2D eigenvalue weighted by Gasteiger charge is 2.09. The molecule has 0 spiro atoms. The van der Waals surface area contributed by atoms with Gasteiger partial charge in [-0.05, 0) is 25.5 Å². The summed E-state index contributed by atoms with van der Waals surface area (Å²) in [6.07, 6.45) is 0. The number of hydrogen-bond donors (Lipinski definition) is 1. The third-order valence-electron chi connectivity index (χ3n) is 2.05. The van der Waals surface area contributed by atoms with Crippen molar-refractivity contribution in [1.82, 2.24) is 0 Å². The molecule has 72 valence electrons. The van der Waals surface area contributed by atoms with Gasteiger partial charge in [-0.25, -0.2) is 5.84 Å². The van der Waals surface area contributed by atoms with Gasteiger partial charge in [0, 0.05) is 6.54 Å². The molecule has 0 saturated carbocycles. The summed E-state index contributed by atoms with van der Waals surface area (Å²) < 4.78 is 5.23. The summed E-state index contributed by atoms with van der Waals surface area (Å²) in [5.74, 6) is 6.65. The second kappa shape index (κ2) is 4.14. The van der Waals surface area contributed by atoms with Gasteiger partial charge >= 0.3 is 0 Å². The van der Waals surface area contributed by atoms with Crippen molar-refractivity contribution in [2.75, 3.05) is 18.7 Å². The number of hydrazine groups is 1. The van der Waals surface area contributed by atoms with E-state index in [2.05, 4.69) is 0 Å². The molecule has 0 aromatic heterocycles. The molecule has 2 N–H and O–H groups in total. The Labute approximate surface area is 79.1 Å². The number of rotatable bonds is 3. The van der Waals surface area contributed by atoms with E-state index in [0.717, 1.165) is 23.5 Å². The van der Waals surface area contributed by atoms with Crippen LogP contribution < -0.4 is 15.6 Å². The quantitative estimate of drug-likeness (QED) is 0.568. The van der Waals surface area contributed by atoms with Gasteiger partial charge in [-0.2, -0.15) is 0 Å². The molecule has 0 heterocycles. The minimum Gasteiger partial charge on any atom is -0.495 e. The predicted octanol–water partition coefficient (Wildman–Crippen LogP) is 1.70. The van der Waals surface area contributed by atoms with Gasteiger partial charge in [0.25, 0.3) is 0 Å². The van der Waals surface area contributed by atoms with E-state index in [1.54, 1.807) is 12.1 Å². The molecule has 0 bridgehead atoms. The summed E-state index contributed by atoms with van der Waals surface area (Å²) in [5.41, 5.74) is 2.09. The number of aryl methyl sites for hydroxylation is 1. The zero-order chi connectivity index (χ0) is 9.84. The molecule has 0 unspecified atom stereocenters. The lowest BCUT2D eigenvalue weighted by Crippen LogP contribution is -2.31. The maximum absolute atomic E-state index is 5.82. The molecular weight excluding hydrogens is 164 g/mol. The van der Waals surface area contributed by atoms with Gasteiger partial charge in [0.1, 0.15) is 5.75 Å². The Morgan fingerprint density at radius 3 is 2.69 bits per heavy atom. The lowest BCUT2D eigenvalue weighted by Gasteiger charge is -2.21. The van der Waals surface area contributed by atoms with Gasteiger partial charge in [-0.1, -0.05) is 12.1 Å². The van der Waals surface area contributed by atoms with Crippen LogP contribution in [0.1, 0.15) is 12.5 Å². The fraction of sp³-hybridized carbons (Fsp3) is 0.400. The van der Waals surface area contributed by atoms with Crippen LogP contribution in [0.3, 0.4) is 0 Å². The molecule has 3 heteroatoms. The smallest absolute Gasteiger partial charge is 0.143 e. The molecule has 0 atom stereocenters. The predicted molar refractivity (Wildman–Crippen MR) is 54.9 cm³/mol. The minimum atomic E-state index is 0.765. The van der Waals surface area contributed by atoms with Crippen LogP contribution in [0.4, 0.5) is 5.69 Å². The van der Waals surface area contributed by atoms with Crippen LogP contribution in [-0.2, 0) is 0 Å². The molecule has 3 nitrogen and oxygen atoms in total. The molecule has 1 rings (SSSR count). The number of para-hydroxylation sites is 1. The summed E-state index contributed by atoms with van der Waals surface area (Å²) in [4.78, 5) is 0. The highest BCUT2D eigenvalue weighted by Crippen LogP contribution is 2.29. The van der Waals surface area contributed by atoms with Gasteiger partial charge in [0.2, 0.25) is 0 Å². The fourth-order valence-electron chi connectivity index (χ4n) is 1.32. The molecule has 0 aliphatic heterocycles. The molecule has 0 aliphatic carbocycles. The Hall–Kier alpha value is -1.22. The SMILES string of the molecule is CCN(N)c1c(C)cccc1OC. The molecule has 0 amide bonds. The van der Waals surface area contributed by atoms with Crippen molar-refractivity contribution in [3.05, 3.63) is 23.8 Å². The number of ether oxygens (including phenoxy) is 1. The molecule has 0 aliphatic rings. The Morgan fingerprint density at radius 1 is 1.46 bits per heavy atom. The van der Waals surface area contributed by atoms with E-state index >= 15 is 0 Å². The van der Waals surface area contributed by atoms with Crippen molar-refractivity contribution in [3.8, 4) is 5.75 Å². The summed E-state index contributed by atoms with van der Waals surface area (Å²) in [6.45, 7) is 4.79. The van der Waals surface area contributed by atoms with E-state index in [-0.39, 0.29) is 0 Å². The summed E-state index contributed by atoms with van der Waals surface area (Å²) in [6, 6.07) is 5.90. The highest BCUT2D eigenvalue weighted by molar-refractivity contribution is 5.62. The van der Waals surface area contributed by atoms with E-state index in [0.29, 0.717) is 0 Å². The molecule has 1 aromatic carbocycles. The Kier molecular flexibility index (Phi) is 3.14. The second-order valence-corrected chi connectivity index (χ2v) is 2.91. The number of anilines is 1. The van der Waals surface area contributed by atoms with Crippen molar-refractivity contribution in [2.45, 2.75) is 13.8 Å². The van der Waals surface area contributed by atoms with Crippen LogP contribution >= 0.6 is 0 Å². The van der Waals surface area contributed by atoms with Crippen molar-refractivity contribution in [1.29, 1.82) is 0 Å². The fourth-order valence-corrected chi connectivity index (χ4v) is 1.32. The first-order valence-corrected chi connectivity index (χ1v) is 4.36. The number of hydrogen-bond acceptors (Lipinski definition) is 3. The molecule has 0 radical (unpaired) electrons. The van der Waals surface area contributed by atoms with Gasteiger partial charge in [-0.15, -0.1) is 0 Å². The Balaban J connectivity index is 3.14. The molecule has 1 aromatic rings. The first kappa shape index (κ1) is 9.86. The van der Waals surface area contributed by atoms with Crippen molar-refractivity contribution in [3.63, 3.8) is 0 Å². The van der Waals surface area contributed by atoms with E-state index < -0.39 is 0 Å². The number of benzene rings is 1. The van der Waals surface area contributed by atoms with Crippen LogP contribution in [-0.4, -0.2) is 13.7 Å². The normalized spacial score (nSPS) is 9.85. The van der Waals surface area contributed by atoms with Crippen LogP contribution in [0.2, 0.25) is 0 Å². The third-order valence-corrected chi connectivity index (χ3v) is 2.05. The minimum absolute atomic E-state index is 0.765. The van der Waals surface area contributed by atoms with Gasteiger partial charge < -0.3 is 9.75 Å². The first-order chi connectivity index (χ1) is 6.20. The summed E-state index contributed by atoms with van der Waals surface area (Å²) in [5, 5.41) is 1.69. The maximum atomic E-state index is 5.82. The van der Waals surface area contributed by atoms with Gasteiger partial charge in [-0.3, -0.25) is 0 Å². The van der Waals surface area contributed by atoms with Crippen molar-refractivity contribution < 1.29 is 4.74 Å². The lowest BCUT2D eigenvalue weighted by atomic mass is 10.2. The topological polar surface area (TPSA) is 38.5 Å². The molecular formula is C10H16N2O. The van der Waals surface area contributed by atoms with Crippen LogP contribution in [0.25, 0.3) is 0 Å². The average molecular weight is 180 g/mol. The average Bonchev–Trinajstić information content (AvgIpc) is 2.16. The van der Waals surface area contributed by atoms with Gasteiger partial charge in [0.05, 0.1) is 12.8 Å². The van der Waals surface area contributed by atoms with E-state index in [9.17, 15) is 0 Å². The van der Waals surface area contributed by atoms with E-state index in [4.69, 9.17) is 10.6 Å². The Bertz CT molecular complexity index is 286.